The van der Waals surface area contributed by atoms with E-state index in [9.17, 15) is 14.4 Å². The zero-order valence-electron chi connectivity index (χ0n) is 73.7. The van der Waals surface area contributed by atoms with Gasteiger partial charge in [0.05, 0.1) is 79.4 Å². The first-order valence-corrected chi connectivity index (χ1v) is 43.0. The summed E-state index contributed by atoms with van der Waals surface area (Å²) < 4.78 is 28.0. The number of rotatable bonds is 16. The smallest absolute Gasteiger partial charge is 0.340 e. The molecule has 3 aliphatic carbocycles. The number of halogens is 5. The van der Waals surface area contributed by atoms with E-state index in [1.165, 1.54) is 38.8 Å². The first kappa shape index (κ1) is 97.3. The molecule has 0 bridgehead atoms. The van der Waals surface area contributed by atoms with Gasteiger partial charge in [0.25, 0.3) is 5.56 Å². The number of aliphatic hydroxyl groups is 1. The number of esters is 2. The molecule has 129 heavy (non-hydrogen) atoms. The van der Waals surface area contributed by atoms with E-state index in [0.717, 1.165) is 121 Å². The van der Waals surface area contributed by atoms with Crippen LogP contribution in [0, 0.1) is 0 Å². The fraction of sp³-hybridized carbons (Fsp3) is 0.416. The quantitative estimate of drug-likeness (QED) is 0.0229. The van der Waals surface area contributed by atoms with E-state index in [0.29, 0.717) is 96.2 Å². The molecule has 17 rings (SSSR count). The summed E-state index contributed by atoms with van der Waals surface area (Å²) in [4.78, 5) is 96.5. The molecule has 0 saturated heterocycles. The molecule has 0 aromatic carbocycles. The van der Waals surface area contributed by atoms with Crippen LogP contribution < -0.4 is 31.2 Å². The van der Waals surface area contributed by atoms with Crippen molar-refractivity contribution in [3.8, 4) is 17.6 Å². The summed E-state index contributed by atoms with van der Waals surface area (Å²) in [6.07, 6.45) is 28.5. The van der Waals surface area contributed by atoms with Gasteiger partial charge in [0.1, 0.15) is 55.0 Å². The van der Waals surface area contributed by atoms with Gasteiger partial charge in [0.2, 0.25) is 17.6 Å². The Kier molecular flexibility index (Phi) is 30.6. The molecule has 35 nitrogen and oxygen atoms in total. The number of nitrogens with two attached hydrogens (primary N) is 2. The Morgan fingerprint density at radius 3 is 1.25 bits per heavy atom. The highest BCUT2D eigenvalue weighted by molar-refractivity contribution is 6.35. The van der Waals surface area contributed by atoms with Crippen LogP contribution in [0.2, 0.25) is 25.8 Å². The second-order valence-corrected chi connectivity index (χ2v) is 37.0. The third kappa shape index (κ3) is 24.0. The van der Waals surface area contributed by atoms with Gasteiger partial charge in [-0.2, -0.15) is 0 Å². The predicted octanol–water partition coefficient (Wildman–Crippen LogP) is 22.1. The van der Waals surface area contributed by atoms with Crippen LogP contribution in [0.3, 0.4) is 0 Å². The molecule has 14 heterocycles. The monoisotopic (exact) mass is 1850 g/mol. The lowest BCUT2D eigenvalue weighted by molar-refractivity contribution is -0.00838. The van der Waals surface area contributed by atoms with Crippen LogP contribution in [0.15, 0.2) is 142 Å². The van der Waals surface area contributed by atoms with Gasteiger partial charge >= 0.3 is 11.9 Å². The van der Waals surface area contributed by atoms with E-state index in [2.05, 4.69) is 96.0 Å². The first-order valence-electron chi connectivity index (χ1n) is 41.1. The number of nitrogens with zero attached hydrogens (tertiary/aromatic N) is 23. The van der Waals surface area contributed by atoms with Gasteiger partial charge in [0.15, 0.2) is 0 Å². The number of cyclic esters (lactones) is 2. The van der Waals surface area contributed by atoms with Gasteiger partial charge in [0, 0.05) is 123 Å². The number of hydrogen-bond acceptors (Lipinski definition) is 26. The molecule has 6 N–H and O–H groups in total. The van der Waals surface area contributed by atoms with Gasteiger partial charge in [-0.3, -0.25) is 14.8 Å². The molecule has 12 aromatic rings. The van der Waals surface area contributed by atoms with Gasteiger partial charge < -0.3 is 45.2 Å². The summed E-state index contributed by atoms with van der Waals surface area (Å²) in [7, 11) is 1.54. The van der Waals surface area contributed by atoms with Crippen LogP contribution in [0.1, 0.15) is 226 Å². The molecule has 40 heteroatoms. The van der Waals surface area contributed by atoms with Crippen molar-refractivity contribution in [2.24, 2.45) is 26.2 Å². The lowest BCUT2D eigenvalue weighted by atomic mass is 9.92. The Balaban J connectivity index is 0.000000151. The molecule has 672 valence electrons. The number of fused-ring (bicyclic) bond motifs is 7. The van der Waals surface area contributed by atoms with Gasteiger partial charge in [-0.1, -0.05) is 134 Å². The maximum atomic E-state index is 12.3. The summed E-state index contributed by atoms with van der Waals surface area (Å²) >= 11 is 29.7. The molecule has 0 radical (unpaired) electrons. The van der Waals surface area contributed by atoms with Crippen molar-refractivity contribution in [2.75, 3.05) is 12.8 Å². The highest BCUT2D eigenvalue weighted by Crippen LogP contribution is 2.42. The molecule has 3 saturated carbocycles. The number of carbonyl (C=O) groups excluding carboxylic acids is 2. The van der Waals surface area contributed by atoms with Gasteiger partial charge in [-0.05, 0) is 231 Å². The normalized spacial score (nSPS) is 15.0. The zero-order valence-corrected chi connectivity index (χ0v) is 77.5. The summed E-state index contributed by atoms with van der Waals surface area (Å²) in [6, 6.07) is 15.8. The highest BCUT2D eigenvalue weighted by Gasteiger charge is 2.37. The van der Waals surface area contributed by atoms with E-state index >= 15 is 0 Å². The zero-order chi connectivity index (χ0) is 93.9. The minimum Gasteiger partial charge on any atom is -0.481 e. The minimum atomic E-state index is -0.790. The second kappa shape index (κ2) is 40.5. The maximum absolute atomic E-state index is 12.3. The number of aromatic amines is 1. The van der Waals surface area contributed by atoms with Crippen molar-refractivity contribution in [1.29, 1.82) is 0 Å². The standard InChI is InChI=1S/C26H30N4O3.C15H16ClN5O.C12H12ClN5O.C11H9Cl2N5.C11H10ClN5O.C10H12N2O2.C4H8O/c1-25(2)12-22-18(24(31)33-25)9-8-15(30-22)10-16-11-19-20(13-28-16)23(32-17-6-5-7-17)29-14-21(19)26(3,4)27;1-15(2,20-21-17)12-8-19-14(22-9-4-3-5-9)11-7-18-13(16)6-10(11)12;1-12(2,17-18-14)9-6-16-11(19-3)8-5-15-10(13)4-7(8)9;1-11(2,17-18-14)8-5-16-10(13)7-4-15-9(12)3-6(7)8;1-11(2,16-17-13)8-5-15-10(18)7-4-14-9(12)3-6(7)8;1-10(2)5-7-6(9(13)14-10)3-4-8(11)12-7;5-4-2-1-3-4/h8-9,11,13-14,17H,5-7,10,12,27H2,1-4H3;6-9H,3-5H2,1-2H3;4-6H,1-3H3;3-5H,1-2H3;3-5H,1-2H3,(H,15,18);3-4H,5H2,1-2H3,(H2,11,12);4-5H,1-3H2. The number of nitrogens with one attached hydrogen (secondary N) is 1. The number of ether oxygens (including phenoxy) is 5. The van der Waals surface area contributed by atoms with E-state index in [-0.39, 0.29) is 41.0 Å². The van der Waals surface area contributed by atoms with E-state index in [1.54, 1.807) is 107 Å². The molecule has 0 spiro atoms. The summed E-state index contributed by atoms with van der Waals surface area (Å²) in [5.41, 5.74) is 50.1. The number of hydrogen-bond donors (Lipinski definition) is 4. The Bertz CT molecular complexity index is 6530. The summed E-state index contributed by atoms with van der Waals surface area (Å²) in [6.45, 7) is 25.9. The Hall–Kier alpha value is -12.4. The molecule has 12 aromatic heterocycles. The lowest BCUT2D eigenvalue weighted by Crippen LogP contribution is -2.36. The molecule has 0 atom stereocenters. The number of anilines is 1. The highest BCUT2D eigenvalue weighted by atomic mass is 35.5. The molecule has 0 unspecified atom stereocenters. The van der Waals surface area contributed by atoms with Crippen LogP contribution in [-0.4, -0.2) is 113 Å². The number of azide groups is 4. The van der Waals surface area contributed by atoms with Crippen molar-refractivity contribution >= 4 is 130 Å². The predicted molar refractivity (Wildman–Crippen MR) is 497 cm³/mol. The van der Waals surface area contributed by atoms with Crippen molar-refractivity contribution in [2.45, 2.75) is 231 Å². The van der Waals surface area contributed by atoms with Gasteiger partial charge in [-0.15, -0.1) is 0 Å². The van der Waals surface area contributed by atoms with Crippen LogP contribution in [0.5, 0.6) is 17.6 Å². The third-order valence-corrected chi connectivity index (χ3v) is 23.0. The van der Waals surface area contributed by atoms with Crippen molar-refractivity contribution < 1.29 is 38.4 Å². The van der Waals surface area contributed by atoms with E-state index in [4.69, 9.17) is 130 Å². The number of carbonyl (C=O) groups is 2. The van der Waals surface area contributed by atoms with Crippen molar-refractivity contribution in [3.63, 3.8) is 0 Å². The fourth-order valence-corrected chi connectivity index (χ4v) is 15.1. The number of aromatic nitrogens is 12. The van der Waals surface area contributed by atoms with Crippen LogP contribution in [-0.2, 0) is 56.4 Å². The summed E-state index contributed by atoms with van der Waals surface area (Å²) in [5.74, 6) is 1.45. The first-order chi connectivity index (χ1) is 60.9. The van der Waals surface area contributed by atoms with Crippen molar-refractivity contribution in [3.05, 3.63) is 256 Å². The number of H-pyrrole nitrogens is 1. The fourth-order valence-electron chi connectivity index (χ4n) is 14.3. The average Bonchev–Trinajstić information content (AvgIpc) is 0.743. The topological polar surface area (TPSA) is 522 Å². The average molecular weight is 1850 g/mol. The maximum Gasteiger partial charge on any atom is 0.340 e. The molecular formula is C89H97Cl5N26O9. The number of nitrogen functional groups attached to an aromatic ring is 1. The van der Waals surface area contributed by atoms with Crippen LogP contribution in [0.25, 0.3) is 95.6 Å². The second-order valence-electron chi connectivity index (χ2n) is 35.1. The Morgan fingerprint density at radius 2 is 0.829 bits per heavy atom. The number of pyridine rings is 12. The largest absolute Gasteiger partial charge is 0.481 e. The lowest BCUT2D eigenvalue weighted by Gasteiger charge is -2.30. The van der Waals surface area contributed by atoms with Crippen LogP contribution in [0.4, 0.5) is 5.82 Å². The minimum absolute atomic E-state index is 0.0648. The summed E-state index contributed by atoms with van der Waals surface area (Å²) in [5, 5.41) is 32.9. The molecule has 2 aliphatic heterocycles. The molecule has 3 fully saturated rings. The van der Waals surface area contributed by atoms with Crippen LogP contribution >= 0.6 is 58.0 Å². The molecule has 0 amide bonds. The SMILES string of the molecule is CC(C)(N=[N+]=[N-])c1c[nH]c(=O)c2cnc(Cl)cc12.CC(C)(N=[N+]=[N-])c1cnc(Cl)c2cnc(Cl)cc12.CC(C)(N=[N+]=[N-])c1cnc(OC2CCC2)c2cnc(Cl)cc12.CC1(C)Cc2nc(Cc3cc4c(C(C)(C)N)cnc(OC5CCC5)c4cn3)ccc2C(=O)O1.CC1(C)Cc2nc(N)ccc2C(=O)O1.COc1ncc(C(C)(C)N=[N+]=[N-])c2cc(Cl)ncc12.OC1CCC1. The Labute approximate surface area is 767 Å². The number of methoxy groups -OCH3 is 1. The van der Waals surface area contributed by atoms with Gasteiger partial charge in [-0.25, -0.2) is 54.4 Å². The van der Waals surface area contributed by atoms with E-state index < -0.39 is 38.9 Å². The van der Waals surface area contributed by atoms with E-state index in [1.807, 2.05) is 87.7 Å². The molecule has 5 aliphatic rings. The molecular weight excluding hydrogens is 1750 g/mol. The van der Waals surface area contributed by atoms with Crippen molar-refractivity contribution in [1.82, 2.24) is 59.8 Å². The third-order valence-electron chi connectivity index (χ3n) is 21.8. The number of aliphatic hydroxyl groups excluding tert-OH is 1. The Morgan fingerprint density at radius 1 is 0.465 bits per heavy atom.